The Morgan fingerprint density at radius 1 is 1.00 bits per heavy atom. The van der Waals surface area contributed by atoms with E-state index in [4.69, 9.17) is 4.74 Å². The number of carbonyl (C=O) groups is 2. The van der Waals surface area contributed by atoms with E-state index in [1.807, 2.05) is 74.5 Å². The van der Waals surface area contributed by atoms with E-state index in [0.717, 1.165) is 31.7 Å². The van der Waals surface area contributed by atoms with Crippen LogP contribution in [0.15, 0.2) is 69.6 Å². The molecule has 3 aromatic rings. The van der Waals surface area contributed by atoms with Gasteiger partial charge in [-0.1, -0.05) is 65.3 Å². The van der Waals surface area contributed by atoms with Crippen molar-refractivity contribution in [2.75, 3.05) is 6.61 Å². The van der Waals surface area contributed by atoms with Crippen molar-refractivity contribution in [3.8, 4) is 5.75 Å². The summed E-state index contributed by atoms with van der Waals surface area (Å²) in [4.78, 5) is 27.6. The van der Waals surface area contributed by atoms with Crippen molar-refractivity contribution < 1.29 is 14.3 Å². The zero-order valence-electron chi connectivity index (χ0n) is 19.0. The van der Waals surface area contributed by atoms with E-state index in [1.54, 1.807) is 11.8 Å². The molecule has 3 rings (SSSR count). The number of halogens is 2. The number of hydrogen-bond donors (Lipinski definition) is 1. The summed E-state index contributed by atoms with van der Waals surface area (Å²) in [6.45, 7) is 5.85. The Labute approximate surface area is 211 Å². The average molecular weight is 576 g/mol. The number of benzene rings is 3. The Balaban J connectivity index is 1.78. The van der Waals surface area contributed by atoms with Crippen molar-refractivity contribution in [1.29, 1.82) is 0 Å². The van der Waals surface area contributed by atoms with E-state index in [9.17, 15) is 9.59 Å². The van der Waals surface area contributed by atoms with Crippen LogP contribution in [-0.4, -0.2) is 35.4 Å². The molecule has 3 aromatic carbocycles. The first-order chi connectivity index (χ1) is 15.8. The van der Waals surface area contributed by atoms with Crippen LogP contribution in [0.1, 0.15) is 32.8 Å². The van der Waals surface area contributed by atoms with Gasteiger partial charge in [0.2, 0.25) is 5.91 Å². The van der Waals surface area contributed by atoms with Crippen LogP contribution >= 0.6 is 31.9 Å². The molecule has 0 aliphatic heterocycles. The van der Waals surface area contributed by atoms with Crippen LogP contribution in [0.4, 0.5) is 0 Å². The average Bonchev–Trinajstić information content (AvgIpc) is 2.82. The highest BCUT2D eigenvalue weighted by Gasteiger charge is 2.27. The number of fused-ring (bicyclic) bond motifs is 1. The molecule has 1 N–H and O–H groups in total. The Kier molecular flexibility index (Phi) is 8.92. The van der Waals surface area contributed by atoms with Crippen LogP contribution < -0.4 is 10.1 Å². The highest BCUT2D eigenvalue weighted by molar-refractivity contribution is 9.11. The maximum absolute atomic E-state index is 13.3. The molecule has 33 heavy (non-hydrogen) atoms. The quantitative estimate of drug-likeness (QED) is 0.336. The molecule has 0 unspecified atom stereocenters. The van der Waals surface area contributed by atoms with Gasteiger partial charge in [-0.05, 0) is 70.7 Å². The summed E-state index contributed by atoms with van der Waals surface area (Å²) in [5.41, 5.74) is 0.932. The minimum atomic E-state index is -0.640. The number of rotatable bonds is 9. The van der Waals surface area contributed by atoms with Gasteiger partial charge >= 0.3 is 0 Å². The molecule has 7 heteroatoms. The molecule has 0 aromatic heterocycles. The van der Waals surface area contributed by atoms with Crippen LogP contribution in [0.3, 0.4) is 0 Å². The van der Waals surface area contributed by atoms with Gasteiger partial charge in [-0.25, -0.2) is 0 Å². The number of nitrogens with one attached hydrogen (secondary N) is 1. The molecule has 2 amide bonds. The molecule has 0 saturated carbocycles. The van der Waals surface area contributed by atoms with Gasteiger partial charge in [-0.3, -0.25) is 9.59 Å². The molecule has 0 saturated heterocycles. The molecule has 0 radical (unpaired) electrons. The van der Waals surface area contributed by atoms with E-state index in [-0.39, 0.29) is 24.5 Å². The lowest BCUT2D eigenvalue weighted by Gasteiger charge is -2.29. The van der Waals surface area contributed by atoms with E-state index < -0.39 is 6.04 Å². The fraction of sp³-hybridized carbons (Fsp3) is 0.308. The predicted octanol–water partition coefficient (Wildman–Crippen LogP) is 6.08. The van der Waals surface area contributed by atoms with Crippen LogP contribution in [0.5, 0.6) is 5.75 Å². The van der Waals surface area contributed by atoms with E-state index >= 15 is 0 Å². The molecule has 0 heterocycles. The Bertz CT molecular complexity index is 1120. The van der Waals surface area contributed by atoms with Crippen molar-refractivity contribution in [1.82, 2.24) is 10.2 Å². The van der Waals surface area contributed by atoms with Gasteiger partial charge in [0.1, 0.15) is 11.8 Å². The van der Waals surface area contributed by atoms with Crippen molar-refractivity contribution in [2.45, 2.75) is 45.8 Å². The van der Waals surface area contributed by atoms with Crippen LogP contribution in [0.2, 0.25) is 0 Å². The zero-order chi connectivity index (χ0) is 24.0. The normalized spacial score (nSPS) is 12.8. The molecule has 5 nitrogen and oxygen atoms in total. The molecule has 174 valence electrons. The van der Waals surface area contributed by atoms with Crippen LogP contribution in [0.25, 0.3) is 10.8 Å². The zero-order valence-corrected chi connectivity index (χ0v) is 22.1. The summed E-state index contributed by atoms with van der Waals surface area (Å²) in [5.74, 6) is 0.147. The third kappa shape index (κ3) is 6.58. The monoisotopic (exact) mass is 574 g/mol. The predicted molar refractivity (Wildman–Crippen MR) is 139 cm³/mol. The van der Waals surface area contributed by atoms with E-state index in [1.165, 1.54) is 0 Å². The summed E-state index contributed by atoms with van der Waals surface area (Å²) >= 11 is 7.03. The first-order valence-corrected chi connectivity index (χ1v) is 12.5. The fourth-order valence-corrected chi connectivity index (χ4v) is 4.25. The number of nitrogens with zero attached hydrogens (tertiary/aromatic N) is 1. The Morgan fingerprint density at radius 3 is 2.39 bits per heavy atom. The lowest BCUT2D eigenvalue weighted by molar-refractivity contribution is -0.142. The molecular weight excluding hydrogens is 548 g/mol. The van der Waals surface area contributed by atoms with Gasteiger partial charge in [0.25, 0.3) is 5.91 Å². The summed E-state index contributed by atoms with van der Waals surface area (Å²) < 4.78 is 7.66. The van der Waals surface area contributed by atoms with Gasteiger partial charge in [-0.15, -0.1) is 0 Å². The van der Waals surface area contributed by atoms with Gasteiger partial charge in [0.15, 0.2) is 6.61 Å². The lowest BCUT2D eigenvalue weighted by atomic mass is 10.1. The number of amides is 2. The minimum absolute atomic E-state index is 0.0365. The maximum Gasteiger partial charge on any atom is 0.261 e. The fourth-order valence-electron chi connectivity index (χ4n) is 3.38. The van der Waals surface area contributed by atoms with E-state index in [0.29, 0.717) is 12.3 Å². The van der Waals surface area contributed by atoms with Crippen molar-refractivity contribution in [2.24, 2.45) is 0 Å². The highest BCUT2D eigenvalue weighted by Crippen LogP contribution is 2.33. The molecular formula is C26H28Br2N2O3. The smallest absolute Gasteiger partial charge is 0.261 e. The van der Waals surface area contributed by atoms with Gasteiger partial charge < -0.3 is 15.0 Å². The number of hydrogen-bond acceptors (Lipinski definition) is 3. The molecule has 2 atom stereocenters. The highest BCUT2D eigenvalue weighted by atomic mass is 79.9. The first-order valence-electron chi connectivity index (χ1n) is 10.9. The lowest BCUT2D eigenvalue weighted by Crippen LogP contribution is -2.50. The third-order valence-electron chi connectivity index (χ3n) is 5.61. The number of ether oxygens (including phenoxy) is 1. The van der Waals surface area contributed by atoms with Gasteiger partial charge in [0.05, 0.1) is 4.47 Å². The number of carbonyl (C=O) groups excluding carboxylic acids is 2. The minimum Gasteiger partial charge on any atom is -0.483 e. The third-order valence-corrected chi connectivity index (χ3v) is 6.96. The standard InChI is InChI=1S/C26H28Br2N2O3/c1-4-17(2)29-26(32)18(3)30(15-19-9-12-21(27)13-10-19)24(31)16-33-23-14-11-20-7-5-6-8-22(20)25(23)28/h5-14,17-18H,4,15-16H2,1-3H3,(H,29,32)/t17-,18+/m1/s1. The molecule has 0 spiro atoms. The summed E-state index contributed by atoms with van der Waals surface area (Å²) in [7, 11) is 0. The van der Waals surface area contributed by atoms with Gasteiger partial charge in [-0.2, -0.15) is 0 Å². The molecule has 0 bridgehead atoms. The SMILES string of the molecule is CC[C@@H](C)NC(=O)[C@H](C)N(Cc1ccc(Br)cc1)C(=O)COc1ccc2ccccc2c1Br. The summed E-state index contributed by atoms with van der Waals surface area (Å²) in [6.07, 6.45) is 0.818. The van der Waals surface area contributed by atoms with Crippen LogP contribution in [0, 0.1) is 0 Å². The Hall–Kier alpha value is -2.38. The largest absolute Gasteiger partial charge is 0.483 e. The summed E-state index contributed by atoms with van der Waals surface area (Å²) in [6, 6.07) is 18.9. The van der Waals surface area contributed by atoms with E-state index in [2.05, 4.69) is 37.2 Å². The van der Waals surface area contributed by atoms with Gasteiger partial charge in [0, 0.05) is 17.1 Å². The van der Waals surface area contributed by atoms with Crippen molar-refractivity contribution in [3.05, 3.63) is 75.2 Å². The second-order valence-electron chi connectivity index (χ2n) is 8.03. The topological polar surface area (TPSA) is 58.6 Å². The second kappa shape index (κ2) is 11.7. The van der Waals surface area contributed by atoms with Crippen molar-refractivity contribution in [3.63, 3.8) is 0 Å². The molecule has 0 aliphatic rings. The second-order valence-corrected chi connectivity index (χ2v) is 9.74. The van der Waals surface area contributed by atoms with Crippen LogP contribution in [-0.2, 0) is 16.1 Å². The van der Waals surface area contributed by atoms with Crippen molar-refractivity contribution >= 4 is 54.4 Å². The summed E-state index contributed by atoms with van der Waals surface area (Å²) in [5, 5.41) is 5.06. The first kappa shape index (κ1) is 25.2. The maximum atomic E-state index is 13.3. The Morgan fingerprint density at radius 2 is 1.70 bits per heavy atom. The molecule has 0 aliphatic carbocycles. The molecule has 0 fully saturated rings.